The van der Waals surface area contributed by atoms with Gasteiger partial charge in [-0.15, -0.1) is 0 Å². The number of hydrogen-bond donors (Lipinski definition) is 2. The first-order valence-electron chi connectivity index (χ1n) is 5.87. The fourth-order valence-corrected chi connectivity index (χ4v) is 3.56. The van der Waals surface area contributed by atoms with E-state index in [1.165, 1.54) is 6.26 Å². The zero-order chi connectivity index (χ0) is 13.2. The number of piperazine rings is 1. The van der Waals surface area contributed by atoms with E-state index in [0.29, 0.717) is 18.0 Å². The lowest BCUT2D eigenvalue weighted by Gasteiger charge is -2.32. The number of nitrogens with one attached hydrogen (secondary N) is 2. The average Bonchev–Trinajstić information content (AvgIpc) is 2.31. The number of sulfone groups is 1. The normalized spacial score (nSPS) is 25.0. The molecule has 0 bridgehead atoms. The van der Waals surface area contributed by atoms with Gasteiger partial charge in [-0.25, -0.2) is 8.42 Å². The minimum atomic E-state index is -3.10. The minimum absolute atomic E-state index is 0.102. The van der Waals surface area contributed by atoms with Crippen LogP contribution >= 0.6 is 11.6 Å². The summed E-state index contributed by atoms with van der Waals surface area (Å²) in [5.74, 6) is 0. The number of hydrogen-bond acceptors (Lipinski definition) is 4. The Kier molecular flexibility index (Phi) is 4.27. The van der Waals surface area contributed by atoms with Crippen LogP contribution in [-0.4, -0.2) is 39.2 Å². The van der Waals surface area contributed by atoms with Crippen molar-refractivity contribution >= 4 is 21.4 Å². The average molecular weight is 289 g/mol. The molecule has 0 amide bonds. The van der Waals surface area contributed by atoms with Gasteiger partial charge in [0, 0.05) is 30.4 Å². The predicted octanol–water partition coefficient (Wildman–Crippen LogP) is 0.815. The van der Waals surface area contributed by atoms with Gasteiger partial charge in [-0.1, -0.05) is 23.7 Å². The van der Waals surface area contributed by atoms with Crippen molar-refractivity contribution in [2.45, 2.75) is 17.8 Å². The third-order valence-corrected chi connectivity index (χ3v) is 4.74. The third-order valence-electron chi connectivity index (χ3n) is 3.07. The molecule has 2 unspecified atom stereocenters. The molecule has 4 nitrogen and oxygen atoms in total. The van der Waals surface area contributed by atoms with E-state index < -0.39 is 15.2 Å². The highest BCUT2D eigenvalue weighted by atomic mass is 35.5. The van der Waals surface area contributed by atoms with Crippen LogP contribution in [0.15, 0.2) is 24.3 Å². The lowest BCUT2D eigenvalue weighted by atomic mass is 10.0. The molecule has 0 radical (unpaired) electrons. The Bertz CT molecular complexity index is 501. The molecule has 2 atom stereocenters. The number of rotatable bonds is 3. The maximum atomic E-state index is 11.7. The zero-order valence-corrected chi connectivity index (χ0v) is 11.8. The summed E-state index contributed by atoms with van der Waals surface area (Å²) >= 11 is 5.83. The van der Waals surface area contributed by atoms with Crippen LogP contribution in [0.1, 0.15) is 5.56 Å². The van der Waals surface area contributed by atoms with Crippen molar-refractivity contribution in [1.29, 1.82) is 0 Å². The topological polar surface area (TPSA) is 58.2 Å². The first kappa shape index (κ1) is 13.8. The molecule has 0 saturated carbocycles. The number of halogens is 1. The molecule has 2 rings (SSSR count). The van der Waals surface area contributed by atoms with E-state index in [2.05, 4.69) is 10.6 Å². The Labute approximate surface area is 113 Å². The molecule has 1 heterocycles. The van der Waals surface area contributed by atoms with Gasteiger partial charge < -0.3 is 5.32 Å². The van der Waals surface area contributed by atoms with Gasteiger partial charge in [0.05, 0.1) is 0 Å². The van der Waals surface area contributed by atoms with Crippen molar-refractivity contribution in [3.05, 3.63) is 34.9 Å². The van der Waals surface area contributed by atoms with Gasteiger partial charge >= 0.3 is 0 Å². The minimum Gasteiger partial charge on any atom is -0.310 e. The second-order valence-electron chi connectivity index (χ2n) is 4.60. The van der Waals surface area contributed by atoms with Gasteiger partial charge in [0.2, 0.25) is 0 Å². The van der Waals surface area contributed by atoms with Crippen LogP contribution in [0.5, 0.6) is 0 Å². The molecular weight excluding hydrogens is 272 g/mol. The first-order valence-corrected chi connectivity index (χ1v) is 8.20. The highest BCUT2D eigenvalue weighted by Gasteiger charge is 2.32. The summed E-state index contributed by atoms with van der Waals surface area (Å²) in [7, 11) is -3.10. The van der Waals surface area contributed by atoms with Crippen LogP contribution in [0.25, 0.3) is 0 Å². The van der Waals surface area contributed by atoms with Crippen molar-refractivity contribution < 1.29 is 8.42 Å². The maximum absolute atomic E-state index is 11.7. The summed E-state index contributed by atoms with van der Waals surface area (Å²) in [6.07, 6.45) is 1.94. The molecule has 18 heavy (non-hydrogen) atoms. The first-order chi connectivity index (χ1) is 8.47. The van der Waals surface area contributed by atoms with Crippen molar-refractivity contribution in [3.63, 3.8) is 0 Å². The zero-order valence-electron chi connectivity index (χ0n) is 10.2. The monoisotopic (exact) mass is 288 g/mol. The number of benzene rings is 1. The summed E-state index contributed by atoms with van der Waals surface area (Å²) in [6, 6.07) is 7.40. The summed E-state index contributed by atoms with van der Waals surface area (Å²) in [5.41, 5.74) is 1.08. The Morgan fingerprint density at radius 3 is 2.44 bits per heavy atom. The standard InChI is InChI=1S/C12H17ClN2O2S/c1-18(16,17)12-11(14-6-7-15-12)8-9-2-4-10(13)5-3-9/h2-5,11-12,14-15H,6-8H2,1H3. The third kappa shape index (κ3) is 3.45. The fourth-order valence-electron chi connectivity index (χ4n) is 2.22. The lowest BCUT2D eigenvalue weighted by molar-refractivity contribution is 0.377. The van der Waals surface area contributed by atoms with E-state index in [1.54, 1.807) is 0 Å². The van der Waals surface area contributed by atoms with Gasteiger partial charge in [0.15, 0.2) is 9.84 Å². The van der Waals surface area contributed by atoms with E-state index in [1.807, 2.05) is 24.3 Å². The maximum Gasteiger partial charge on any atom is 0.164 e. The van der Waals surface area contributed by atoms with Crippen LogP contribution < -0.4 is 10.6 Å². The van der Waals surface area contributed by atoms with Crippen molar-refractivity contribution in [2.75, 3.05) is 19.3 Å². The largest absolute Gasteiger partial charge is 0.310 e. The van der Waals surface area contributed by atoms with E-state index in [-0.39, 0.29) is 6.04 Å². The van der Waals surface area contributed by atoms with Crippen molar-refractivity contribution in [2.24, 2.45) is 0 Å². The molecule has 0 spiro atoms. The van der Waals surface area contributed by atoms with Crippen LogP contribution in [0.4, 0.5) is 0 Å². The molecule has 100 valence electrons. The smallest absolute Gasteiger partial charge is 0.164 e. The molecule has 1 fully saturated rings. The molecule has 1 saturated heterocycles. The molecule has 1 aromatic carbocycles. The summed E-state index contributed by atoms with van der Waals surface area (Å²) < 4.78 is 23.4. The van der Waals surface area contributed by atoms with E-state index in [4.69, 9.17) is 11.6 Å². The molecule has 6 heteroatoms. The van der Waals surface area contributed by atoms with Crippen LogP contribution in [0.3, 0.4) is 0 Å². The second-order valence-corrected chi connectivity index (χ2v) is 7.20. The van der Waals surface area contributed by atoms with Gasteiger partial charge in [-0.2, -0.15) is 0 Å². The molecule has 2 N–H and O–H groups in total. The van der Waals surface area contributed by atoms with Crippen LogP contribution in [-0.2, 0) is 16.3 Å². The van der Waals surface area contributed by atoms with E-state index in [9.17, 15) is 8.42 Å². The van der Waals surface area contributed by atoms with Crippen molar-refractivity contribution in [3.8, 4) is 0 Å². The summed E-state index contributed by atoms with van der Waals surface area (Å²) in [4.78, 5) is 0. The van der Waals surface area contributed by atoms with Crippen LogP contribution in [0.2, 0.25) is 5.02 Å². The summed E-state index contributed by atoms with van der Waals surface area (Å²) in [6.45, 7) is 1.46. The van der Waals surface area contributed by atoms with Gasteiger partial charge in [-0.05, 0) is 24.1 Å². The fraction of sp³-hybridized carbons (Fsp3) is 0.500. The Balaban J connectivity index is 2.13. The molecule has 0 aromatic heterocycles. The Hall–Kier alpha value is -0.620. The Morgan fingerprint density at radius 1 is 1.22 bits per heavy atom. The highest BCUT2D eigenvalue weighted by molar-refractivity contribution is 7.91. The van der Waals surface area contributed by atoms with Gasteiger partial charge in [-0.3, -0.25) is 5.32 Å². The molecule has 1 aliphatic rings. The van der Waals surface area contributed by atoms with Crippen LogP contribution in [0, 0.1) is 0 Å². The molecule has 0 aliphatic carbocycles. The van der Waals surface area contributed by atoms with Gasteiger partial charge in [0.1, 0.15) is 5.37 Å². The van der Waals surface area contributed by atoms with E-state index >= 15 is 0 Å². The van der Waals surface area contributed by atoms with Crippen molar-refractivity contribution in [1.82, 2.24) is 10.6 Å². The highest BCUT2D eigenvalue weighted by Crippen LogP contribution is 2.15. The molecular formula is C12H17ClN2O2S. The van der Waals surface area contributed by atoms with Gasteiger partial charge in [0.25, 0.3) is 0 Å². The van der Waals surface area contributed by atoms with E-state index in [0.717, 1.165) is 12.1 Å². The quantitative estimate of drug-likeness (QED) is 0.864. The predicted molar refractivity (Wildman–Crippen MR) is 73.6 cm³/mol. The second kappa shape index (κ2) is 5.57. The SMILES string of the molecule is CS(=O)(=O)C1NCCNC1Cc1ccc(Cl)cc1. The lowest BCUT2D eigenvalue weighted by Crippen LogP contribution is -2.59. The Morgan fingerprint density at radius 2 is 1.83 bits per heavy atom. The molecule has 1 aromatic rings. The molecule has 1 aliphatic heterocycles. The summed E-state index contributed by atoms with van der Waals surface area (Å²) in [5, 5.41) is 6.49.